The number of aliphatic imine (C=N–C) groups is 1. The van der Waals surface area contributed by atoms with E-state index >= 15 is 0 Å². The number of carbonyl (C=O) groups is 1. The monoisotopic (exact) mass is 343 g/mol. The first-order chi connectivity index (χ1) is 10.2. The highest BCUT2D eigenvalue weighted by Gasteiger charge is 2.15. The molecule has 0 aromatic heterocycles. The first-order valence-corrected chi connectivity index (χ1v) is 8.30. The molecule has 0 bridgehead atoms. The predicted molar refractivity (Wildman–Crippen MR) is 93.9 cm³/mol. The summed E-state index contributed by atoms with van der Waals surface area (Å²) in [6.07, 6.45) is -0.464. The number of rotatable bonds is 4. The molecule has 0 fully saturated rings. The minimum atomic E-state index is -0.522. The molecular formula is C15H22ClN3O2S. The SMILES string of the molecule is CCSC(N)=Nc1cc(CNC(=O)OC(C)(C)C)ccc1Cl. The smallest absolute Gasteiger partial charge is 0.407 e. The molecule has 0 atom stereocenters. The molecule has 0 aliphatic rings. The number of alkyl carbamates (subject to hydrolysis) is 1. The van der Waals surface area contributed by atoms with E-state index in [1.54, 1.807) is 12.1 Å². The summed E-state index contributed by atoms with van der Waals surface area (Å²) < 4.78 is 5.18. The number of thioether (sulfide) groups is 1. The van der Waals surface area contributed by atoms with Crippen LogP contribution in [0, 0.1) is 0 Å². The summed E-state index contributed by atoms with van der Waals surface area (Å²) >= 11 is 7.55. The van der Waals surface area contributed by atoms with Crippen molar-refractivity contribution in [3.05, 3.63) is 28.8 Å². The van der Waals surface area contributed by atoms with Crippen LogP contribution in [0.25, 0.3) is 0 Å². The lowest BCUT2D eigenvalue weighted by Crippen LogP contribution is -2.32. The lowest BCUT2D eigenvalue weighted by Gasteiger charge is -2.19. The number of amidine groups is 1. The van der Waals surface area contributed by atoms with Crippen LogP contribution in [0.5, 0.6) is 0 Å². The molecule has 0 aliphatic heterocycles. The zero-order valence-corrected chi connectivity index (χ0v) is 14.8. The van der Waals surface area contributed by atoms with Gasteiger partial charge in [0.25, 0.3) is 0 Å². The number of ether oxygens (including phenoxy) is 1. The summed E-state index contributed by atoms with van der Waals surface area (Å²) in [5.41, 5.74) is 6.72. The lowest BCUT2D eigenvalue weighted by atomic mass is 10.2. The van der Waals surface area contributed by atoms with Crippen molar-refractivity contribution >= 4 is 40.3 Å². The van der Waals surface area contributed by atoms with Gasteiger partial charge in [0.05, 0.1) is 10.7 Å². The highest BCUT2D eigenvalue weighted by molar-refractivity contribution is 8.13. The summed E-state index contributed by atoms with van der Waals surface area (Å²) in [6.45, 7) is 7.77. The molecule has 5 nitrogen and oxygen atoms in total. The van der Waals surface area contributed by atoms with Crippen molar-refractivity contribution in [3.8, 4) is 0 Å². The van der Waals surface area contributed by atoms with E-state index in [-0.39, 0.29) is 0 Å². The molecular weight excluding hydrogens is 322 g/mol. The van der Waals surface area contributed by atoms with Gasteiger partial charge < -0.3 is 15.8 Å². The van der Waals surface area contributed by atoms with Gasteiger partial charge in [-0.25, -0.2) is 9.79 Å². The van der Waals surface area contributed by atoms with E-state index in [9.17, 15) is 4.79 Å². The second-order valence-corrected chi connectivity index (χ2v) is 7.22. The lowest BCUT2D eigenvalue weighted by molar-refractivity contribution is 0.0523. The summed E-state index contributed by atoms with van der Waals surface area (Å²) in [5.74, 6) is 0.840. The highest BCUT2D eigenvalue weighted by Crippen LogP contribution is 2.26. The molecule has 0 spiro atoms. The first kappa shape index (κ1) is 18.6. The van der Waals surface area contributed by atoms with Gasteiger partial charge >= 0.3 is 6.09 Å². The average Bonchev–Trinajstić information content (AvgIpc) is 2.38. The maximum absolute atomic E-state index is 11.6. The van der Waals surface area contributed by atoms with Crippen LogP contribution in [0.4, 0.5) is 10.5 Å². The Morgan fingerprint density at radius 2 is 2.14 bits per heavy atom. The highest BCUT2D eigenvalue weighted by atomic mass is 35.5. The fourth-order valence-electron chi connectivity index (χ4n) is 1.54. The van der Waals surface area contributed by atoms with E-state index in [1.807, 2.05) is 33.8 Å². The maximum Gasteiger partial charge on any atom is 0.407 e. The number of carbonyl (C=O) groups excluding carboxylic acids is 1. The zero-order chi connectivity index (χ0) is 16.8. The third-order valence-corrected chi connectivity index (χ3v) is 3.36. The number of amides is 1. The minimum Gasteiger partial charge on any atom is -0.444 e. The second kappa shape index (κ2) is 8.29. The van der Waals surface area contributed by atoms with Crippen LogP contribution in [0.3, 0.4) is 0 Å². The molecule has 0 saturated carbocycles. The molecule has 1 aromatic carbocycles. The molecule has 0 aliphatic carbocycles. The van der Waals surface area contributed by atoms with E-state index in [0.717, 1.165) is 11.3 Å². The van der Waals surface area contributed by atoms with Gasteiger partial charge in [-0.05, 0) is 44.2 Å². The summed E-state index contributed by atoms with van der Waals surface area (Å²) in [7, 11) is 0. The van der Waals surface area contributed by atoms with E-state index in [0.29, 0.717) is 22.4 Å². The Hall–Kier alpha value is -1.40. The Bertz CT molecular complexity index is 556. The van der Waals surface area contributed by atoms with Crippen LogP contribution in [-0.2, 0) is 11.3 Å². The van der Waals surface area contributed by atoms with Crippen molar-refractivity contribution in [1.82, 2.24) is 5.32 Å². The van der Waals surface area contributed by atoms with Gasteiger partial charge in [0.15, 0.2) is 5.17 Å². The third kappa shape index (κ3) is 7.04. The Labute approximate surface area is 140 Å². The third-order valence-electron chi connectivity index (χ3n) is 2.37. The second-order valence-electron chi connectivity index (χ2n) is 5.52. The van der Waals surface area contributed by atoms with E-state index < -0.39 is 11.7 Å². The Morgan fingerprint density at radius 1 is 1.45 bits per heavy atom. The van der Waals surface area contributed by atoms with Crippen LogP contribution >= 0.6 is 23.4 Å². The molecule has 3 N–H and O–H groups in total. The maximum atomic E-state index is 11.6. The molecule has 22 heavy (non-hydrogen) atoms. The number of benzene rings is 1. The summed E-state index contributed by atoms with van der Waals surface area (Å²) in [4.78, 5) is 15.9. The van der Waals surface area contributed by atoms with Gasteiger partial charge in [0.1, 0.15) is 5.60 Å². The Balaban J connectivity index is 2.73. The van der Waals surface area contributed by atoms with Crippen LogP contribution in [0.1, 0.15) is 33.3 Å². The normalized spacial score (nSPS) is 12.1. The van der Waals surface area contributed by atoms with E-state index in [1.165, 1.54) is 11.8 Å². The molecule has 1 rings (SSSR count). The topological polar surface area (TPSA) is 76.7 Å². The summed E-state index contributed by atoms with van der Waals surface area (Å²) in [5, 5.41) is 3.67. The molecule has 0 heterocycles. The minimum absolute atomic E-state index is 0.329. The van der Waals surface area contributed by atoms with Crippen molar-refractivity contribution in [3.63, 3.8) is 0 Å². The van der Waals surface area contributed by atoms with E-state index in [4.69, 9.17) is 22.1 Å². The number of hydrogen-bond donors (Lipinski definition) is 2. The standard InChI is InChI=1S/C15H22ClN3O2S/c1-5-22-13(17)19-12-8-10(6-7-11(12)16)9-18-14(20)21-15(2,3)4/h6-8H,5,9H2,1-4H3,(H2,17,19)(H,18,20). The van der Waals surface area contributed by atoms with E-state index in [2.05, 4.69) is 10.3 Å². The van der Waals surface area contributed by atoms with Gasteiger partial charge in [0.2, 0.25) is 0 Å². The molecule has 1 amide bonds. The number of hydrogen-bond acceptors (Lipinski definition) is 4. The van der Waals surface area contributed by atoms with Crippen LogP contribution < -0.4 is 11.1 Å². The number of nitrogens with zero attached hydrogens (tertiary/aromatic N) is 1. The van der Waals surface area contributed by atoms with Crippen molar-refractivity contribution < 1.29 is 9.53 Å². The predicted octanol–water partition coefficient (Wildman–Crippen LogP) is 4.06. The van der Waals surface area contributed by atoms with Crippen LogP contribution in [0.2, 0.25) is 5.02 Å². The first-order valence-electron chi connectivity index (χ1n) is 6.93. The Kier molecular flexibility index (Phi) is 7.03. The fourth-order valence-corrected chi connectivity index (χ4v) is 2.16. The van der Waals surface area contributed by atoms with Crippen LogP contribution in [-0.4, -0.2) is 22.6 Å². The summed E-state index contributed by atoms with van der Waals surface area (Å²) in [6, 6.07) is 5.35. The molecule has 1 aromatic rings. The molecule has 7 heteroatoms. The molecule has 0 unspecified atom stereocenters. The number of nitrogens with one attached hydrogen (secondary N) is 1. The average molecular weight is 344 g/mol. The van der Waals surface area contributed by atoms with Gasteiger partial charge in [-0.3, -0.25) is 0 Å². The molecule has 122 valence electrons. The van der Waals surface area contributed by atoms with Gasteiger partial charge in [0, 0.05) is 6.54 Å². The van der Waals surface area contributed by atoms with Gasteiger partial charge in [-0.2, -0.15) is 0 Å². The Morgan fingerprint density at radius 3 is 2.73 bits per heavy atom. The number of halogens is 1. The quantitative estimate of drug-likeness (QED) is 0.638. The number of nitrogens with two attached hydrogens (primary N) is 1. The van der Waals surface area contributed by atoms with Crippen molar-refractivity contribution in [1.29, 1.82) is 0 Å². The van der Waals surface area contributed by atoms with Crippen molar-refractivity contribution in [2.75, 3.05) is 5.75 Å². The zero-order valence-electron chi connectivity index (χ0n) is 13.3. The van der Waals surface area contributed by atoms with Crippen molar-refractivity contribution in [2.24, 2.45) is 10.7 Å². The van der Waals surface area contributed by atoms with Gasteiger partial charge in [-0.15, -0.1) is 0 Å². The fraction of sp³-hybridized carbons (Fsp3) is 0.467. The largest absolute Gasteiger partial charge is 0.444 e. The molecule has 0 radical (unpaired) electrons. The van der Waals surface area contributed by atoms with Gasteiger partial charge in [-0.1, -0.05) is 36.4 Å². The van der Waals surface area contributed by atoms with Crippen LogP contribution in [0.15, 0.2) is 23.2 Å². The molecule has 0 saturated heterocycles. The van der Waals surface area contributed by atoms with Crippen molar-refractivity contribution in [2.45, 2.75) is 39.8 Å².